The number of non-ortho nitro benzene ring substituents is 1. The summed E-state index contributed by atoms with van der Waals surface area (Å²) < 4.78 is 38.2. The van der Waals surface area contributed by atoms with Gasteiger partial charge in [-0.3, -0.25) is 10.1 Å². The molecule has 0 radical (unpaired) electrons. The number of ether oxygens (including phenoxy) is 2. The van der Waals surface area contributed by atoms with Crippen LogP contribution < -0.4 is 9.47 Å². The minimum Gasteiger partial charge on any atom is -0.486 e. The summed E-state index contributed by atoms with van der Waals surface area (Å²) in [7, 11) is -2.49. The lowest BCUT2D eigenvalue weighted by atomic mass is 10.2. The summed E-state index contributed by atoms with van der Waals surface area (Å²) in [6, 6.07) is 10.9. The standard InChI is InChI=1S/C17H18N2O6S/c1-12-7-8-13(19(20)21)9-17(12)26(22,23)18(2)10-14-11-24-15-5-3-4-6-16(15)25-14/h3-9,14H,10-11H2,1-2H3/t14-/m0/s1. The highest BCUT2D eigenvalue weighted by Crippen LogP contribution is 2.31. The van der Waals surface area contributed by atoms with Crippen LogP contribution in [0.5, 0.6) is 11.5 Å². The summed E-state index contributed by atoms with van der Waals surface area (Å²) in [5.41, 5.74) is 0.169. The number of aryl methyl sites for hydroxylation is 1. The van der Waals surface area contributed by atoms with Gasteiger partial charge in [-0.1, -0.05) is 18.2 Å². The average molecular weight is 378 g/mol. The lowest BCUT2D eigenvalue weighted by molar-refractivity contribution is -0.385. The zero-order valence-corrected chi connectivity index (χ0v) is 15.1. The van der Waals surface area contributed by atoms with E-state index in [9.17, 15) is 18.5 Å². The molecule has 8 nitrogen and oxygen atoms in total. The first-order valence-corrected chi connectivity index (χ1v) is 9.33. The van der Waals surface area contributed by atoms with Gasteiger partial charge in [0.2, 0.25) is 10.0 Å². The van der Waals surface area contributed by atoms with Gasteiger partial charge >= 0.3 is 0 Å². The van der Waals surface area contributed by atoms with Crippen LogP contribution in [0.3, 0.4) is 0 Å². The fraction of sp³-hybridized carbons (Fsp3) is 0.294. The van der Waals surface area contributed by atoms with E-state index in [-0.39, 0.29) is 23.7 Å². The largest absolute Gasteiger partial charge is 0.486 e. The highest BCUT2D eigenvalue weighted by Gasteiger charge is 2.30. The molecule has 0 aliphatic carbocycles. The van der Waals surface area contributed by atoms with Crippen molar-refractivity contribution in [3.05, 3.63) is 58.1 Å². The molecule has 0 saturated carbocycles. The predicted octanol–water partition coefficient (Wildman–Crippen LogP) is 2.36. The molecule has 3 rings (SSSR count). The molecule has 0 bridgehead atoms. The van der Waals surface area contributed by atoms with Crippen LogP contribution in [0.15, 0.2) is 47.4 Å². The van der Waals surface area contributed by atoms with Crippen LogP contribution in [0, 0.1) is 17.0 Å². The maximum absolute atomic E-state index is 12.9. The van der Waals surface area contributed by atoms with Gasteiger partial charge in [0.25, 0.3) is 5.69 Å². The van der Waals surface area contributed by atoms with E-state index in [1.807, 2.05) is 6.07 Å². The van der Waals surface area contributed by atoms with Crippen molar-refractivity contribution in [3.8, 4) is 11.5 Å². The molecular weight excluding hydrogens is 360 g/mol. The Hall–Kier alpha value is -2.65. The summed E-state index contributed by atoms with van der Waals surface area (Å²) in [4.78, 5) is 10.2. The van der Waals surface area contributed by atoms with Crippen LogP contribution in [-0.4, -0.2) is 43.9 Å². The van der Waals surface area contributed by atoms with Gasteiger partial charge in [0, 0.05) is 19.2 Å². The molecule has 2 aromatic rings. The van der Waals surface area contributed by atoms with Gasteiger partial charge in [-0.15, -0.1) is 0 Å². The van der Waals surface area contributed by atoms with Crippen LogP contribution in [0.2, 0.25) is 0 Å². The molecule has 0 N–H and O–H groups in total. The highest BCUT2D eigenvalue weighted by atomic mass is 32.2. The van der Waals surface area contributed by atoms with Crippen molar-refractivity contribution in [2.24, 2.45) is 0 Å². The molecule has 0 amide bonds. The third-order valence-corrected chi connectivity index (χ3v) is 6.06. The molecule has 1 heterocycles. The van der Waals surface area contributed by atoms with E-state index in [0.717, 1.165) is 10.4 Å². The van der Waals surface area contributed by atoms with E-state index in [1.165, 1.54) is 19.2 Å². The Bertz CT molecular complexity index is 944. The fourth-order valence-corrected chi connectivity index (χ4v) is 4.13. The summed E-state index contributed by atoms with van der Waals surface area (Å²) in [6.45, 7) is 1.87. The normalized spacial score (nSPS) is 16.5. The quantitative estimate of drug-likeness (QED) is 0.585. The van der Waals surface area contributed by atoms with Crippen molar-refractivity contribution in [2.75, 3.05) is 20.2 Å². The maximum atomic E-state index is 12.9. The fourth-order valence-electron chi connectivity index (χ4n) is 2.69. The van der Waals surface area contributed by atoms with Crippen molar-refractivity contribution in [3.63, 3.8) is 0 Å². The number of nitrogens with zero attached hydrogens (tertiary/aromatic N) is 2. The van der Waals surface area contributed by atoms with Crippen molar-refractivity contribution in [1.82, 2.24) is 4.31 Å². The van der Waals surface area contributed by atoms with E-state index >= 15 is 0 Å². The lowest BCUT2D eigenvalue weighted by Crippen LogP contribution is -2.41. The van der Waals surface area contributed by atoms with Crippen LogP contribution in [0.25, 0.3) is 0 Å². The third kappa shape index (κ3) is 3.49. The topological polar surface area (TPSA) is 99.0 Å². The molecule has 26 heavy (non-hydrogen) atoms. The van der Waals surface area contributed by atoms with Crippen molar-refractivity contribution in [1.29, 1.82) is 0 Å². The minimum absolute atomic E-state index is 0.0544. The van der Waals surface area contributed by atoms with Gasteiger partial charge in [-0.25, -0.2) is 8.42 Å². The van der Waals surface area contributed by atoms with E-state index < -0.39 is 21.1 Å². The van der Waals surface area contributed by atoms with Crippen molar-refractivity contribution < 1.29 is 22.8 Å². The molecule has 1 aliphatic heterocycles. The first-order valence-electron chi connectivity index (χ1n) is 7.89. The lowest BCUT2D eigenvalue weighted by Gasteiger charge is -2.29. The smallest absolute Gasteiger partial charge is 0.270 e. The second-order valence-corrected chi connectivity index (χ2v) is 8.00. The predicted molar refractivity (Wildman–Crippen MR) is 94.0 cm³/mol. The number of nitro benzene ring substituents is 1. The number of hydrogen-bond acceptors (Lipinski definition) is 6. The van der Waals surface area contributed by atoms with Crippen LogP contribution in [-0.2, 0) is 10.0 Å². The Morgan fingerprint density at radius 2 is 1.92 bits per heavy atom. The Labute approximate surface area is 151 Å². The van der Waals surface area contributed by atoms with Crippen LogP contribution in [0.4, 0.5) is 5.69 Å². The second kappa shape index (κ2) is 6.93. The Kier molecular flexibility index (Phi) is 4.84. The molecule has 9 heteroatoms. The van der Waals surface area contributed by atoms with E-state index in [1.54, 1.807) is 25.1 Å². The van der Waals surface area contributed by atoms with E-state index in [4.69, 9.17) is 9.47 Å². The number of para-hydroxylation sites is 2. The molecule has 1 aliphatic rings. The number of hydrogen-bond donors (Lipinski definition) is 0. The monoisotopic (exact) mass is 378 g/mol. The summed E-state index contributed by atoms with van der Waals surface area (Å²) >= 11 is 0. The third-order valence-electron chi connectivity index (χ3n) is 4.10. The number of sulfonamides is 1. The van der Waals surface area contributed by atoms with E-state index in [0.29, 0.717) is 17.1 Å². The number of rotatable bonds is 5. The molecule has 0 fully saturated rings. The van der Waals surface area contributed by atoms with Crippen LogP contribution in [0.1, 0.15) is 5.56 Å². The molecular formula is C17H18N2O6S. The number of nitro groups is 1. The van der Waals surface area contributed by atoms with Gasteiger partial charge in [0.15, 0.2) is 11.5 Å². The zero-order chi connectivity index (χ0) is 18.9. The molecule has 2 aromatic carbocycles. The Morgan fingerprint density at radius 3 is 2.62 bits per heavy atom. The van der Waals surface area contributed by atoms with Gasteiger partial charge in [-0.05, 0) is 24.6 Å². The summed E-state index contributed by atoms with van der Waals surface area (Å²) in [5.74, 6) is 1.17. The SMILES string of the molecule is Cc1ccc([N+](=O)[O-])cc1S(=O)(=O)N(C)C[C@H]1COc2ccccc2O1. The van der Waals surface area contributed by atoms with Crippen molar-refractivity contribution in [2.45, 2.75) is 17.9 Å². The first kappa shape index (κ1) is 18.2. The summed E-state index contributed by atoms with van der Waals surface area (Å²) in [5, 5.41) is 11.0. The average Bonchev–Trinajstić information content (AvgIpc) is 2.61. The highest BCUT2D eigenvalue weighted by molar-refractivity contribution is 7.89. The molecule has 0 saturated heterocycles. The number of benzene rings is 2. The molecule has 0 aromatic heterocycles. The molecule has 0 unspecified atom stereocenters. The zero-order valence-electron chi connectivity index (χ0n) is 14.3. The number of likely N-dealkylation sites (N-methyl/N-ethyl adjacent to an activating group) is 1. The molecule has 138 valence electrons. The van der Waals surface area contributed by atoms with Gasteiger partial charge < -0.3 is 9.47 Å². The number of fused-ring (bicyclic) bond motifs is 1. The first-order chi connectivity index (χ1) is 12.3. The van der Waals surface area contributed by atoms with E-state index in [2.05, 4.69) is 0 Å². The summed E-state index contributed by atoms with van der Waals surface area (Å²) in [6.07, 6.45) is -0.483. The van der Waals surface area contributed by atoms with Crippen molar-refractivity contribution >= 4 is 15.7 Å². The minimum atomic E-state index is -3.91. The van der Waals surface area contributed by atoms with Gasteiger partial charge in [-0.2, -0.15) is 4.31 Å². The van der Waals surface area contributed by atoms with Gasteiger partial charge in [0.1, 0.15) is 12.7 Å². The van der Waals surface area contributed by atoms with Gasteiger partial charge in [0.05, 0.1) is 16.4 Å². The Balaban J connectivity index is 1.80. The molecule has 1 atom stereocenters. The Morgan fingerprint density at radius 1 is 1.23 bits per heavy atom. The van der Waals surface area contributed by atoms with Crippen LogP contribution >= 0.6 is 0 Å². The maximum Gasteiger partial charge on any atom is 0.270 e. The molecule has 0 spiro atoms. The second-order valence-electron chi connectivity index (χ2n) is 5.99.